The number of allylic oxidation sites excluding steroid dienone is 1. The third-order valence-electron chi connectivity index (χ3n) is 4.73. The molecule has 2 atom stereocenters. The molecule has 0 unspecified atom stereocenters. The lowest BCUT2D eigenvalue weighted by Crippen LogP contribution is -2.49. The summed E-state index contributed by atoms with van der Waals surface area (Å²) in [6.45, 7) is 9.67. The number of rotatable bonds is 6. The van der Waals surface area contributed by atoms with Crippen molar-refractivity contribution in [3.63, 3.8) is 0 Å². The van der Waals surface area contributed by atoms with Crippen LogP contribution in [-0.2, 0) is 11.3 Å². The lowest BCUT2D eigenvalue weighted by atomic mass is 10.0. The van der Waals surface area contributed by atoms with Crippen LogP contribution in [0.25, 0.3) is 0 Å². The second-order valence-corrected chi connectivity index (χ2v) is 6.38. The predicted octanol–water partition coefficient (Wildman–Crippen LogP) is 2.39. The van der Waals surface area contributed by atoms with Crippen molar-refractivity contribution in [3.8, 4) is 0 Å². The quantitative estimate of drug-likeness (QED) is 0.750. The van der Waals surface area contributed by atoms with Gasteiger partial charge in [-0.2, -0.15) is 4.98 Å². The molecule has 1 aliphatic heterocycles. The van der Waals surface area contributed by atoms with Gasteiger partial charge >= 0.3 is 0 Å². The van der Waals surface area contributed by atoms with Crippen LogP contribution < -0.4 is 0 Å². The van der Waals surface area contributed by atoms with Crippen molar-refractivity contribution in [1.29, 1.82) is 0 Å². The van der Waals surface area contributed by atoms with Gasteiger partial charge in [-0.05, 0) is 33.1 Å². The van der Waals surface area contributed by atoms with Crippen LogP contribution in [0.3, 0.4) is 0 Å². The minimum absolute atomic E-state index is 0.104. The Morgan fingerprint density at radius 1 is 1.35 bits per heavy atom. The average Bonchev–Trinajstić information content (AvgIpc) is 3.05. The summed E-state index contributed by atoms with van der Waals surface area (Å²) in [6.07, 6.45) is 8.49. The van der Waals surface area contributed by atoms with Crippen LogP contribution in [0.15, 0.2) is 16.7 Å². The molecule has 0 spiro atoms. The SMILES string of the molecule is CCO[C@@H](C)c1noc(CN2CCN([C@@H]3C=CCCC3)CC2)n1. The van der Waals surface area contributed by atoms with E-state index in [1.807, 2.05) is 13.8 Å². The summed E-state index contributed by atoms with van der Waals surface area (Å²) >= 11 is 0. The zero-order valence-corrected chi connectivity index (χ0v) is 14.3. The minimum atomic E-state index is -0.104. The first-order valence-electron chi connectivity index (χ1n) is 8.83. The number of aromatic nitrogens is 2. The van der Waals surface area contributed by atoms with Crippen LogP contribution in [0.4, 0.5) is 0 Å². The van der Waals surface area contributed by atoms with Crippen LogP contribution in [-0.4, -0.2) is 58.8 Å². The number of nitrogens with zero attached hydrogens (tertiary/aromatic N) is 4. The van der Waals surface area contributed by atoms with E-state index in [2.05, 4.69) is 32.1 Å². The Morgan fingerprint density at radius 3 is 2.87 bits per heavy atom. The highest BCUT2D eigenvalue weighted by molar-refractivity contribution is 4.99. The molecule has 23 heavy (non-hydrogen) atoms. The van der Waals surface area contributed by atoms with Gasteiger partial charge in [-0.1, -0.05) is 17.3 Å². The largest absolute Gasteiger partial charge is 0.371 e. The summed E-state index contributed by atoms with van der Waals surface area (Å²) in [7, 11) is 0. The Morgan fingerprint density at radius 2 is 2.17 bits per heavy atom. The number of piperazine rings is 1. The van der Waals surface area contributed by atoms with Crippen molar-refractivity contribution >= 4 is 0 Å². The zero-order valence-electron chi connectivity index (χ0n) is 14.3. The first kappa shape index (κ1) is 16.6. The number of hydrogen-bond donors (Lipinski definition) is 0. The minimum Gasteiger partial charge on any atom is -0.371 e. The van der Waals surface area contributed by atoms with Crippen molar-refractivity contribution in [2.45, 2.75) is 51.8 Å². The number of hydrogen-bond acceptors (Lipinski definition) is 6. The third-order valence-corrected chi connectivity index (χ3v) is 4.73. The summed E-state index contributed by atoms with van der Waals surface area (Å²) in [5, 5.41) is 4.03. The molecule has 0 amide bonds. The maximum Gasteiger partial charge on any atom is 0.240 e. The third kappa shape index (κ3) is 4.40. The van der Waals surface area contributed by atoms with Crippen molar-refractivity contribution in [1.82, 2.24) is 19.9 Å². The highest BCUT2D eigenvalue weighted by atomic mass is 16.5. The molecule has 1 fully saturated rings. The molecule has 6 heteroatoms. The lowest BCUT2D eigenvalue weighted by molar-refractivity contribution is 0.0683. The highest BCUT2D eigenvalue weighted by Crippen LogP contribution is 2.19. The Hall–Kier alpha value is -1.24. The van der Waals surface area contributed by atoms with Crippen LogP contribution in [0.5, 0.6) is 0 Å². The highest BCUT2D eigenvalue weighted by Gasteiger charge is 2.24. The fraction of sp³-hybridized carbons (Fsp3) is 0.765. The molecule has 0 N–H and O–H groups in total. The van der Waals surface area contributed by atoms with Gasteiger partial charge in [-0.15, -0.1) is 0 Å². The topological polar surface area (TPSA) is 54.6 Å². The van der Waals surface area contributed by atoms with Crippen molar-refractivity contribution in [3.05, 3.63) is 23.9 Å². The van der Waals surface area contributed by atoms with Gasteiger partial charge < -0.3 is 9.26 Å². The Balaban J connectivity index is 1.47. The molecule has 6 nitrogen and oxygen atoms in total. The van der Waals surface area contributed by atoms with Gasteiger partial charge in [0.25, 0.3) is 0 Å². The summed E-state index contributed by atoms with van der Waals surface area (Å²) in [4.78, 5) is 9.46. The smallest absolute Gasteiger partial charge is 0.240 e. The summed E-state index contributed by atoms with van der Waals surface area (Å²) < 4.78 is 10.9. The van der Waals surface area contributed by atoms with Crippen LogP contribution in [0.1, 0.15) is 50.9 Å². The van der Waals surface area contributed by atoms with E-state index in [-0.39, 0.29) is 6.10 Å². The molecule has 0 bridgehead atoms. The maximum absolute atomic E-state index is 5.50. The van der Waals surface area contributed by atoms with E-state index in [1.54, 1.807) is 0 Å². The summed E-state index contributed by atoms with van der Waals surface area (Å²) in [6, 6.07) is 0.646. The molecule has 0 radical (unpaired) electrons. The van der Waals surface area contributed by atoms with Crippen LogP contribution in [0, 0.1) is 0 Å². The standard InChI is InChI=1S/C17H28N4O2/c1-3-22-14(2)17-18-16(23-19-17)13-20-9-11-21(12-10-20)15-7-5-4-6-8-15/h5,7,14-15H,3-4,6,8-13H2,1-2H3/t14-,15+/m0/s1. The van der Waals surface area contributed by atoms with E-state index in [9.17, 15) is 0 Å². The number of ether oxygens (including phenoxy) is 1. The molecular formula is C17H28N4O2. The van der Waals surface area contributed by atoms with Crippen molar-refractivity contribution in [2.24, 2.45) is 0 Å². The zero-order chi connectivity index (χ0) is 16.1. The van der Waals surface area contributed by atoms with E-state index >= 15 is 0 Å². The monoisotopic (exact) mass is 320 g/mol. The summed E-state index contributed by atoms with van der Waals surface area (Å²) in [5.41, 5.74) is 0. The van der Waals surface area contributed by atoms with Gasteiger partial charge in [0.1, 0.15) is 6.10 Å². The molecule has 1 aromatic heterocycles. The lowest BCUT2D eigenvalue weighted by Gasteiger charge is -2.38. The van der Waals surface area contributed by atoms with E-state index in [4.69, 9.17) is 9.26 Å². The molecule has 2 aliphatic rings. The first-order valence-corrected chi connectivity index (χ1v) is 8.83. The van der Waals surface area contributed by atoms with Crippen molar-refractivity contribution < 1.29 is 9.26 Å². The predicted molar refractivity (Wildman–Crippen MR) is 88.0 cm³/mol. The van der Waals surface area contributed by atoms with E-state index in [0.717, 1.165) is 32.7 Å². The molecule has 1 aromatic rings. The fourth-order valence-electron chi connectivity index (χ4n) is 3.36. The maximum atomic E-state index is 5.50. The second kappa shape index (κ2) is 8.04. The molecule has 3 rings (SSSR count). The molecule has 0 aromatic carbocycles. The molecule has 0 saturated carbocycles. The van der Waals surface area contributed by atoms with Gasteiger partial charge in [-0.3, -0.25) is 9.80 Å². The van der Waals surface area contributed by atoms with Crippen LogP contribution in [0.2, 0.25) is 0 Å². The summed E-state index contributed by atoms with van der Waals surface area (Å²) in [5.74, 6) is 1.34. The molecular weight excluding hydrogens is 292 g/mol. The molecule has 2 heterocycles. The van der Waals surface area contributed by atoms with Gasteiger partial charge in [-0.25, -0.2) is 0 Å². The van der Waals surface area contributed by atoms with Gasteiger partial charge in [0.05, 0.1) is 6.54 Å². The second-order valence-electron chi connectivity index (χ2n) is 6.38. The first-order chi connectivity index (χ1) is 11.3. The van der Waals surface area contributed by atoms with Gasteiger partial charge in [0.15, 0.2) is 5.82 Å². The van der Waals surface area contributed by atoms with Gasteiger partial charge in [0.2, 0.25) is 5.89 Å². The van der Waals surface area contributed by atoms with Crippen LogP contribution >= 0.6 is 0 Å². The fourth-order valence-corrected chi connectivity index (χ4v) is 3.36. The van der Waals surface area contributed by atoms with Gasteiger partial charge in [0, 0.05) is 38.8 Å². The molecule has 1 saturated heterocycles. The average molecular weight is 320 g/mol. The van der Waals surface area contributed by atoms with E-state index in [0.29, 0.717) is 24.4 Å². The van der Waals surface area contributed by atoms with Crippen molar-refractivity contribution in [2.75, 3.05) is 32.8 Å². The van der Waals surface area contributed by atoms with E-state index in [1.165, 1.54) is 19.3 Å². The van der Waals surface area contributed by atoms with E-state index < -0.39 is 0 Å². The Kier molecular flexibility index (Phi) is 5.80. The Bertz CT molecular complexity index is 508. The Labute approximate surface area is 138 Å². The normalized spacial score (nSPS) is 24.9. The molecule has 128 valence electrons. The molecule has 1 aliphatic carbocycles.